The Labute approximate surface area is 168 Å². The van der Waals surface area contributed by atoms with E-state index < -0.39 is 18.2 Å². The molecule has 2 unspecified atom stereocenters. The first kappa shape index (κ1) is 21.5. The van der Waals surface area contributed by atoms with Gasteiger partial charge in [-0.05, 0) is 55.7 Å². The summed E-state index contributed by atoms with van der Waals surface area (Å²) in [5.74, 6) is -0.485. The summed E-state index contributed by atoms with van der Waals surface area (Å²) in [5, 5.41) is 23.3. The molecule has 0 saturated carbocycles. The molecule has 27 heavy (non-hydrogen) atoms. The maximum atomic E-state index is 10.8. The number of benzene rings is 2. The molecule has 0 spiro atoms. The Morgan fingerprint density at radius 2 is 1.78 bits per heavy atom. The number of carbonyl (C=O) groups is 1. The van der Waals surface area contributed by atoms with Crippen LogP contribution in [-0.2, 0) is 11.2 Å². The molecule has 2 rings (SSSR count). The average molecular weight is 412 g/mol. The highest BCUT2D eigenvalue weighted by Gasteiger charge is 2.13. The van der Waals surface area contributed by atoms with E-state index in [1.807, 2.05) is 19.1 Å². The van der Waals surface area contributed by atoms with Gasteiger partial charge in [0.1, 0.15) is 5.75 Å². The molecular weight excluding hydrogens is 389 g/mol. The largest absolute Gasteiger partial charge is 0.479 e. The number of hydrogen-bond acceptors (Lipinski definition) is 4. The van der Waals surface area contributed by atoms with Crippen LogP contribution in [0.3, 0.4) is 0 Å². The maximum absolute atomic E-state index is 10.8. The molecule has 146 valence electrons. The number of carboxylic acids is 1. The Balaban J connectivity index is 1.83. The van der Waals surface area contributed by atoms with Crippen LogP contribution in [0.1, 0.15) is 31.1 Å². The highest BCUT2D eigenvalue weighted by atomic mass is 35.5. The minimum Gasteiger partial charge on any atom is -0.479 e. The number of rotatable bonds is 9. The number of ether oxygens (including phenoxy) is 1. The van der Waals surface area contributed by atoms with Gasteiger partial charge in [0.2, 0.25) is 0 Å². The van der Waals surface area contributed by atoms with Gasteiger partial charge < -0.3 is 20.3 Å². The van der Waals surface area contributed by atoms with E-state index in [1.54, 1.807) is 30.3 Å². The van der Waals surface area contributed by atoms with Crippen LogP contribution in [-0.4, -0.2) is 34.9 Å². The minimum atomic E-state index is -1.00. The Kier molecular flexibility index (Phi) is 7.92. The summed E-state index contributed by atoms with van der Waals surface area (Å²) < 4.78 is 5.31. The van der Waals surface area contributed by atoms with Crippen molar-refractivity contribution < 1.29 is 19.7 Å². The fourth-order valence-corrected chi connectivity index (χ4v) is 2.84. The highest BCUT2D eigenvalue weighted by Crippen LogP contribution is 2.25. The molecule has 2 aromatic rings. The molecule has 0 aliphatic heterocycles. The molecule has 0 heterocycles. The summed E-state index contributed by atoms with van der Waals surface area (Å²) in [4.78, 5) is 10.8. The zero-order valence-electron chi connectivity index (χ0n) is 15.2. The van der Waals surface area contributed by atoms with Crippen molar-refractivity contribution in [3.8, 4) is 5.75 Å². The van der Waals surface area contributed by atoms with E-state index in [0.717, 1.165) is 12.0 Å². The third-order valence-electron chi connectivity index (χ3n) is 4.11. The molecule has 5 nitrogen and oxygen atoms in total. The summed E-state index contributed by atoms with van der Waals surface area (Å²) in [6.07, 6.45) is -0.821. The van der Waals surface area contributed by atoms with E-state index >= 15 is 0 Å². The second-order valence-corrected chi connectivity index (χ2v) is 7.26. The van der Waals surface area contributed by atoms with E-state index in [4.69, 9.17) is 33.0 Å². The summed E-state index contributed by atoms with van der Waals surface area (Å²) >= 11 is 11.9. The van der Waals surface area contributed by atoms with Gasteiger partial charge in [-0.3, -0.25) is 0 Å². The van der Waals surface area contributed by atoms with E-state index in [9.17, 15) is 9.90 Å². The predicted molar refractivity (Wildman–Crippen MR) is 107 cm³/mol. The van der Waals surface area contributed by atoms with E-state index in [-0.39, 0.29) is 6.04 Å². The van der Waals surface area contributed by atoms with Gasteiger partial charge in [0, 0.05) is 12.6 Å². The van der Waals surface area contributed by atoms with Gasteiger partial charge in [0.25, 0.3) is 0 Å². The lowest BCUT2D eigenvalue weighted by Gasteiger charge is -2.18. The topological polar surface area (TPSA) is 78.8 Å². The summed E-state index contributed by atoms with van der Waals surface area (Å²) in [7, 11) is 0. The first-order chi connectivity index (χ1) is 12.8. The van der Waals surface area contributed by atoms with Gasteiger partial charge in [-0.25, -0.2) is 4.79 Å². The van der Waals surface area contributed by atoms with Gasteiger partial charge in [-0.1, -0.05) is 41.4 Å². The Bertz CT molecular complexity index is 767. The lowest BCUT2D eigenvalue weighted by molar-refractivity contribution is -0.144. The molecule has 7 heteroatoms. The molecule has 0 saturated heterocycles. The molecule has 0 amide bonds. The van der Waals surface area contributed by atoms with Crippen LogP contribution < -0.4 is 10.1 Å². The Morgan fingerprint density at radius 3 is 2.37 bits per heavy atom. The van der Waals surface area contributed by atoms with Crippen molar-refractivity contribution in [2.45, 2.75) is 38.5 Å². The van der Waals surface area contributed by atoms with Crippen molar-refractivity contribution in [3.63, 3.8) is 0 Å². The monoisotopic (exact) mass is 411 g/mol. The predicted octanol–water partition coefficient (Wildman–Crippen LogP) is 4.10. The standard InChI is InChI=1S/C20H23Cl2NO4/c1-12(23-11-19(24)15-5-8-17(21)18(22)10-15)9-14-3-6-16(7-4-14)27-13(2)20(25)26/h3-8,10,12-13,19,23-24H,9,11H2,1-2H3,(H,25,26)/t12?,13-,19?/m1/s1. The molecule has 0 aromatic heterocycles. The summed E-state index contributed by atoms with van der Waals surface area (Å²) in [6.45, 7) is 3.90. The van der Waals surface area contributed by atoms with Crippen LogP contribution in [0, 0.1) is 0 Å². The molecule has 0 aliphatic carbocycles. The maximum Gasteiger partial charge on any atom is 0.344 e. The van der Waals surface area contributed by atoms with Crippen molar-refractivity contribution >= 4 is 29.2 Å². The molecule has 0 bridgehead atoms. The van der Waals surface area contributed by atoms with E-state index in [1.165, 1.54) is 6.92 Å². The average Bonchev–Trinajstić information content (AvgIpc) is 2.63. The highest BCUT2D eigenvalue weighted by molar-refractivity contribution is 6.42. The zero-order valence-corrected chi connectivity index (χ0v) is 16.7. The number of halogens is 2. The minimum absolute atomic E-state index is 0.132. The van der Waals surface area contributed by atoms with Crippen molar-refractivity contribution in [2.75, 3.05) is 6.54 Å². The van der Waals surface area contributed by atoms with E-state index in [2.05, 4.69) is 5.32 Å². The van der Waals surface area contributed by atoms with Crippen molar-refractivity contribution in [1.82, 2.24) is 5.32 Å². The molecule has 3 atom stereocenters. The van der Waals surface area contributed by atoms with Crippen molar-refractivity contribution in [1.29, 1.82) is 0 Å². The van der Waals surface area contributed by atoms with Crippen LogP contribution in [0.25, 0.3) is 0 Å². The smallest absolute Gasteiger partial charge is 0.344 e. The number of aliphatic carboxylic acids is 1. The fraction of sp³-hybridized carbons (Fsp3) is 0.350. The Morgan fingerprint density at radius 1 is 1.11 bits per heavy atom. The first-order valence-corrected chi connectivity index (χ1v) is 9.36. The lowest BCUT2D eigenvalue weighted by atomic mass is 10.1. The number of hydrogen-bond donors (Lipinski definition) is 3. The van der Waals surface area contributed by atoms with Crippen LogP contribution in [0.15, 0.2) is 42.5 Å². The van der Waals surface area contributed by atoms with Crippen molar-refractivity contribution in [3.05, 3.63) is 63.6 Å². The molecule has 0 radical (unpaired) electrons. The van der Waals surface area contributed by atoms with Gasteiger partial charge >= 0.3 is 5.97 Å². The number of carboxylic acid groups (broad SMARTS) is 1. The van der Waals surface area contributed by atoms with Gasteiger partial charge in [0.15, 0.2) is 6.10 Å². The van der Waals surface area contributed by atoms with E-state index in [0.29, 0.717) is 27.9 Å². The van der Waals surface area contributed by atoms with Crippen LogP contribution in [0.5, 0.6) is 5.75 Å². The molecule has 0 fully saturated rings. The first-order valence-electron chi connectivity index (χ1n) is 8.61. The molecule has 3 N–H and O–H groups in total. The molecular formula is C20H23Cl2NO4. The molecule has 2 aromatic carbocycles. The number of aliphatic hydroxyl groups excluding tert-OH is 1. The fourth-order valence-electron chi connectivity index (χ4n) is 2.53. The number of aliphatic hydroxyl groups is 1. The van der Waals surface area contributed by atoms with Crippen LogP contribution in [0.2, 0.25) is 10.0 Å². The Hall–Kier alpha value is -1.79. The lowest BCUT2D eigenvalue weighted by Crippen LogP contribution is -2.32. The summed E-state index contributed by atoms with van der Waals surface area (Å²) in [6, 6.07) is 12.5. The second-order valence-electron chi connectivity index (χ2n) is 6.45. The summed E-state index contributed by atoms with van der Waals surface area (Å²) in [5.41, 5.74) is 1.78. The number of nitrogens with one attached hydrogen (secondary N) is 1. The SMILES string of the molecule is CC(Cc1ccc(O[C@H](C)C(=O)O)cc1)NCC(O)c1ccc(Cl)c(Cl)c1. The zero-order chi connectivity index (χ0) is 20.0. The van der Waals surface area contributed by atoms with Crippen molar-refractivity contribution in [2.24, 2.45) is 0 Å². The second kappa shape index (κ2) is 9.95. The van der Waals surface area contributed by atoms with Gasteiger partial charge in [-0.2, -0.15) is 0 Å². The normalized spacial score (nSPS) is 14.4. The third kappa shape index (κ3) is 6.70. The van der Waals surface area contributed by atoms with Crippen LogP contribution >= 0.6 is 23.2 Å². The third-order valence-corrected chi connectivity index (χ3v) is 4.85. The molecule has 0 aliphatic rings. The van der Waals surface area contributed by atoms with Gasteiger partial charge in [-0.15, -0.1) is 0 Å². The quantitative estimate of drug-likeness (QED) is 0.578. The van der Waals surface area contributed by atoms with Gasteiger partial charge in [0.05, 0.1) is 16.1 Å². The van der Waals surface area contributed by atoms with Crippen LogP contribution in [0.4, 0.5) is 0 Å².